The van der Waals surface area contributed by atoms with Crippen LogP contribution in [0.2, 0.25) is 0 Å². The molecule has 1 aromatic heterocycles. The molecule has 1 aliphatic heterocycles. The fourth-order valence-corrected chi connectivity index (χ4v) is 5.24. The van der Waals surface area contributed by atoms with Gasteiger partial charge in [0, 0.05) is 13.1 Å². The molecule has 17 heavy (non-hydrogen) atoms. The van der Waals surface area contributed by atoms with E-state index in [-0.39, 0.29) is 0 Å². The Balaban J connectivity index is 1.45. The highest BCUT2D eigenvalue weighted by molar-refractivity contribution is 7.11. The summed E-state index contributed by atoms with van der Waals surface area (Å²) in [5.74, 6) is 4.16. The van der Waals surface area contributed by atoms with Crippen molar-refractivity contribution >= 4 is 11.3 Å². The predicted octanol–water partition coefficient (Wildman–Crippen LogP) is 2.32. The van der Waals surface area contributed by atoms with Crippen LogP contribution in [0.1, 0.15) is 29.3 Å². The Morgan fingerprint density at radius 1 is 1.18 bits per heavy atom. The minimum Gasteiger partial charge on any atom is -0.296 e. The highest BCUT2D eigenvalue weighted by Crippen LogP contribution is 2.55. The lowest BCUT2D eigenvalue weighted by Gasteiger charge is -2.22. The van der Waals surface area contributed by atoms with E-state index in [4.69, 9.17) is 0 Å². The lowest BCUT2D eigenvalue weighted by atomic mass is 9.82. The zero-order chi connectivity index (χ0) is 11.4. The number of rotatable bonds is 2. The van der Waals surface area contributed by atoms with Gasteiger partial charge in [0.05, 0.1) is 6.54 Å². The second kappa shape index (κ2) is 3.75. The monoisotopic (exact) mass is 249 g/mol. The first-order valence-corrected chi connectivity index (χ1v) is 7.62. The van der Waals surface area contributed by atoms with Crippen LogP contribution in [-0.2, 0) is 6.54 Å². The highest BCUT2D eigenvalue weighted by atomic mass is 32.1. The molecule has 4 rings (SSSR count). The molecule has 2 bridgehead atoms. The molecule has 3 nitrogen and oxygen atoms in total. The Kier molecular flexibility index (Phi) is 2.31. The van der Waals surface area contributed by atoms with Crippen LogP contribution in [0.3, 0.4) is 0 Å². The lowest BCUT2D eigenvalue weighted by Crippen LogP contribution is -2.22. The van der Waals surface area contributed by atoms with E-state index in [2.05, 4.69) is 15.1 Å². The third-order valence-corrected chi connectivity index (χ3v) is 5.96. The van der Waals surface area contributed by atoms with Crippen LogP contribution in [0.5, 0.6) is 0 Å². The summed E-state index contributed by atoms with van der Waals surface area (Å²) >= 11 is 1.76. The maximum atomic E-state index is 4.25. The number of likely N-dealkylation sites (tertiary alicyclic amines) is 1. The molecule has 0 radical (unpaired) electrons. The van der Waals surface area contributed by atoms with E-state index in [0.29, 0.717) is 0 Å². The Hall–Kier alpha value is -0.480. The second-order valence-corrected chi connectivity index (χ2v) is 7.34. The summed E-state index contributed by atoms with van der Waals surface area (Å²) < 4.78 is 0. The van der Waals surface area contributed by atoms with Gasteiger partial charge in [-0.15, -0.1) is 21.5 Å². The van der Waals surface area contributed by atoms with Crippen molar-refractivity contribution < 1.29 is 0 Å². The van der Waals surface area contributed by atoms with Crippen molar-refractivity contribution in [1.29, 1.82) is 0 Å². The second-order valence-electron chi connectivity index (χ2n) is 6.07. The maximum absolute atomic E-state index is 4.25. The molecule has 4 atom stereocenters. The van der Waals surface area contributed by atoms with Gasteiger partial charge in [-0.1, -0.05) is 0 Å². The van der Waals surface area contributed by atoms with Crippen molar-refractivity contribution in [1.82, 2.24) is 15.1 Å². The van der Waals surface area contributed by atoms with Gasteiger partial charge in [-0.2, -0.15) is 0 Å². The van der Waals surface area contributed by atoms with Gasteiger partial charge >= 0.3 is 0 Å². The predicted molar refractivity (Wildman–Crippen MR) is 67.7 cm³/mol. The largest absolute Gasteiger partial charge is 0.296 e. The van der Waals surface area contributed by atoms with Gasteiger partial charge in [0.2, 0.25) is 0 Å². The fraction of sp³-hybridized carbons (Fsp3) is 0.846. The van der Waals surface area contributed by atoms with Crippen molar-refractivity contribution in [3.05, 3.63) is 10.0 Å². The molecular weight excluding hydrogens is 230 g/mol. The van der Waals surface area contributed by atoms with Gasteiger partial charge in [-0.3, -0.25) is 4.90 Å². The topological polar surface area (TPSA) is 29.0 Å². The summed E-state index contributed by atoms with van der Waals surface area (Å²) in [6.45, 7) is 5.73. The van der Waals surface area contributed by atoms with Crippen LogP contribution in [0, 0.1) is 30.6 Å². The van der Waals surface area contributed by atoms with Crippen LogP contribution in [0.15, 0.2) is 0 Å². The van der Waals surface area contributed by atoms with Gasteiger partial charge < -0.3 is 0 Å². The minimum absolute atomic E-state index is 1.02. The van der Waals surface area contributed by atoms with Crippen molar-refractivity contribution in [2.75, 3.05) is 13.1 Å². The molecule has 2 saturated carbocycles. The average molecular weight is 249 g/mol. The minimum atomic E-state index is 1.02. The number of hydrogen-bond acceptors (Lipinski definition) is 4. The first-order valence-electron chi connectivity index (χ1n) is 6.81. The molecule has 0 amide bonds. The molecule has 3 aliphatic rings. The van der Waals surface area contributed by atoms with Crippen LogP contribution >= 0.6 is 11.3 Å². The van der Waals surface area contributed by atoms with Crippen molar-refractivity contribution in [3.63, 3.8) is 0 Å². The molecule has 1 saturated heterocycles. The fourth-order valence-electron chi connectivity index (χ4n) is 4.49. The Bertz CT molecular complexity index is 412. The molecule has 2 aliphatic carbocycles. The first kappa shape index (κ1) is 10.4. The van der Waals surface area contributed by atoms with Crippen LogP contribution in [0.4, 0.5) is 0 Å². The van der Waals surface area contributed by atoms with Crippen LogP contribution in [-0.4, -0.2) is 28.2 Å². The third-order valence-electron chi connectivity index (χ3n) is 5.14. The molecular formula is C13H19N3S. The number of fused-ring (bicyclic) bond motifs is 5. The van der Waals surface area contributed by atoms with E-state index in [0.717, 1.165) is 35.2 Å². The molecule has 2 heterocycles. The quantitative estimate of drug-likeness (QED) is 0.805. The number of nitrogens with zero attached hydrogens (tertiary/aromatic N) is 3. The van der Waals surface area contributed by atoms with Gasteiger partial charge in [0.15, 0.2) is 0 Å². The molecule has 4 unspecified atom stereocenters. The normalized spacial score (nSPS) is 40.1. The summed E-state index contributed by atoms with van der Waals surface area (Å²) in [5.41, 5.74) is 0. The van der Waals surface area contributed by atoms with E-state index in [1.807, 2.05) is 6.92 Å². The molecule has 92 valence electrons. The SMILES string of the molecule is Cc1nnc(CN2CC3C4CCC(C4)C3C2)s1. The number of aromatic nitrogens is 2. The lowest BCUT2D eigenvalue weighted by molar-refractivity contribution is 0.281. The number of aryl methyl sites for hydroxylation is 1. The Morgan fingerprint density at radius 3 is 2.47 bits per heavy atom. The Morgan fingerprint density at radius 2 is 1.88 bits per heavy atom. The summed E-state index contributed by atoms with van der Waals surface area (Å²) in [6.07, 6.45) is 4.57. The molecule has 0 N–H and O–H groups in total. The third kappa shape index (κ3) is 1.65. The summed E-state index contributed by atoms with van der Waals surface area (Å²) in [7, 11) is 0. The molecule has 0 spiro atoms. The van der Waals surface area contributed by atoms with E-state index in [1.54, 1.807) is 17.8 Å². The molecule has 4 heteroatoms. The summed E-state index contributed by atoms with van der Waals surface area (Å²) in [6, 6.07) is 0. The van der Waals surface area contributed by atoms with Gasteiger partial charge in [0.25, 0.3) is 0 Å². The average Bonchev–Trinajstić information content (AvgIpc) is 2.99. The van der Waals surface area contributed by atoms with Gasteiger partial charge in [0.1, 0.15) is 10.0 Å². The zero-order valence-corrected chi connectivity index (χ0v) is 11.1. The van der Waals surface area contributed by atoms with Crippen molar-refractivity contribution in [3.8, 4) is 0 Å². The van der Waals surface area contributed by atoms with Crippen molar-refractivity contribution in [2.45, 2.75) is 32.7 Å². The van der Waals surface area contributed by atoms with Gasteiger partial charge in [-0.25, -0.2) is 0 Å². The molecule has 3 fully saturated rings. The maximum Gasteiger partial charge on any atom is 0.131 e. The summed E-state index contributed by atoms with van der Waals surface area (Å²) in [4.78, 5) is 2.62. The molecule has 0 aromatic carbocycles. The smallest absolute Gasteiger partial charge is 0.131 e. The van der Waals surface area contributed by atoms with E-state index in [1.165, 1.54) is 30.9 Å². The van der Waals surface area contributed by atoms with E-state index in [9.17, 15) is 0 Å². The highest BCUT2D eigenvalue weighted by Gasteiger charge is 2.51. The number of hydrogen-bond donors (Lipinski definition) is 0. The molecule has 1 aromatic rings. The Labute approximate surface area is 106 Å². The summed E-state index contributed by atoms with van der Waals surface area (Å²) in [5, 5.41) is 10.7. The van der Waals surface area contributed by atoms with Crippen LogP contribution in [0.25, 0.3) is 0 Å². The van der Waals surface area contributed by atoms with Crippen molar-refractivity contribution in [2.24, 2.45) is 23.7 Å². The zero-order valence-electron chi connectivity index (χ0n) is 10.3. The first-order chi connectivity index (χ1) is 8.29. The van der Waals surface area contributed by atoms with Gasteiger partial charge in [-0.05, 0) is 49.9 Å². The van der Waals surface area contributed by atoms with Crippen LogP contribution < -0.4 is 0 Å². The van der Waals surface area contributed by atoms with E-state index < -0.39 is 0 Å². The van der Waals surface area contributed by atoms with E-state index >= 15 is 0 Å². The standard InChI is InChI=1S/C13H19N3S/c1-8-14-15-13(17-8)7-16-5-11-9-2-3-10(4-9)12(11)6-16/h9-12H,2-7H2,1H3.